The van der Waals surface area contributed by atoms with Crippen LogP contribution in [0.3, 0.4) is 0 Å². The first-order chi connectivity index (χ1) is 15.1. The Morgan fingerprint density at radius 1 is 1.10 bits per heavy atom. The molecule has 4 aromatic rings. The Kier molecular flexibility index (Phi) is 5.89. The second-order valence-corrected chi connectivity index (χ2v) is 9.91. The molecule has 5 rings (SSSR count). The number of fused-ring (bicyclic) bond motifs is 1. The number of rotatable bonds is 6. The van der Waals surface area contributed by atoms with Gasteiger partial charge in [0.2, 0.25) is 0 Å². The highest BCUT2D eigenvalue weighted by Crippen LogP contribution is 2.31. The molecule has 3 heterocycles. The van der Waals surface area contributed by atoms with Crippen molar-refractivity contribution in [1.29, 1.82) is 0 Å². The maximum Gasteiger partial charge on any atom is 0.189 e. The lowest BCUT2D eigenvalue weighted by atomic mass is 9.92. The summed E-state index contributed by atoms with van der Waals surface area (Å²) >= 11 is 5.14. The van der Waals surface area contributed by atoms with Gasteiger partial charge in [-0.15, -0.1) is 0 Å². The standard InChI is InChI=1S/C22H24BrN7S/c23-15-2-7-18-19(12-15)31-22(27-18)29-21-11-14(13-30-9-1-8-25-30)10-20(28-21)26-17-5-3-16(24)4-6-17/h1-2,7-12,16-17H,3-6,13,24H2,(H2,26,27,28,29). The number of pyridine rings is 1. The van der Waals surface area contributed by atoms with E-state index in [0.29, 0.717) is 18.6 Å². The Balaban J connectivity index is 1.41. The summed E-state index contributed by atoms with van der Waals surface area (Å²) in [5.41, 5.74) is 8.17. The molecule has 9 heteroatoms. The summed E-state index contributed by atoms with van der Waals surface area (Å²) < 4.78 is 4.09. The van der Waals surface area contributed by atoms with Crippen LogP contribution in [0.4, 0.5) is 16.8 Å². The van der Waals surface area contributed by atoms with Gasteiger partial charge in [-0.3, -0.25) is 4.68 Å². The molecule has 1 fully saturated rings. The van der Waals surface area contributed by atoms with Crippen molar-refractivity contribution < 1.29 is 0 Å². The normalized spacial score (nSPS) is 18.9. The number of anilines is 3. The van der Waals surface area contributed by atoms with E-state index in [0.717, 1.165) is 62.7 Å². The summed E-state index contributed by atoms with van der Waals surface area (Å²) in [6.45, 7) is 0.682. The van der Waals surface area contributed by atoms with Crippen molar-refractivity contribution in [3.8, 4) is 0 Å². The van der Waals surface area contributed by atoms with Crippen molar-refractivity contribution in [3.63, 3.8) is 0 Å². The second-order valence-electron chi connectivity index (χ2n) is 7.96. The first-order valence-corrected chi connectivity index (χ1v) is 12.1. The van der Waals surface area contributed by atoms with Gasteiger partial charge in [-0.25, -0.2) is 9.97 Å². The third-order valence-corrected chi connectivity index (χ3v) is 6.93. The van der Waals surface area contributed by atoms with Crippen LogP contribution in [0.1, 0.15) is 31.2 Å². The molecule has 1 aromatic carbocycles. The molecule has 7 nitrogen and oxygen atoms in total. The van der Waals surface area contributed by atoms with Gasteiger partial charge in [0.05, 0.1) is 16.8 Å². The Hall–Kier alpha value is -2.49. The van der Waals surface area contributed by atoms with Crippen LogP contribution in [0.5, 0.6) is 0 Å². The molecule has 0 atom stereocenters. The Labute approximate surface area is 193 Å². The number of nitrogens with one attached hydrogen (secondary N) is 2. The van der Waals surface area contributed by atoms with E-state index in [1.807, 2.05) is 29.1 Å². The van der Waals surface area contributed by atoms with Crippen LogP contribution in [-0.4, -0.2) is 31.8 Å². The number of aromatic nitrogens is 4. The van der Waals surface area contributed by atoms with Crippen molar-refractivity contribution in [2.24, 2.45) is 5.73 Å². The molecule has 0 unspecified atom stereocenters. The molecular weight excluding hydrogens is 474 g/mol. The van der Waals surface area contributed by atoms with Crippen molar-refractivity contribution in [3.05, 3.63) is 58.8 Å². The first kappa shape index (κ1) is 20.4. The Morgan fingerprint density at radius 3 is 2.74 bits per heavy atom. The van der Waals surface area contributed by atoms with Crippen molar-refractivity contribution in [2.75, 3.05) is 10.6 Å². The number of benzene rings is 1. The molecule has 1 aliphatic rings. The molecule has 31 heavy (non-hydrogen) atoms. The van der Waals surface area contributed by atoms with Crippen molar-refractivity contribution in [2.45, 2.75) is 44.3 Å². The van der Waals surface area contributed by atoms with Gasteiger partial charge in [-0.1, -0.05) is 27.3 Å². The minimum Gasteiger partial charge on any atom is -0.367 e. The maximum absolute atomic E-state index is 6.07. The third-order valence-electron chi connectivity index (χ3n) is 5.50. The number of nitrogens with two attached hydrogens (primary N) is 1. The number of thiazole rings is 1. The lowest BCUT2D eigenvalue weighted by Crippen LogP contribution is -2.33. The van der Waals surface area contributed by atoms with Crippen LogP contribution in [-0.2, 0) is 6.54 Å². The van der Waals surface area contributed by atoms with Gasteiger partial charge < -0.3 is 16.4 Å². The van der Waals surface area contributed by atoms with E-state index in [2.05, 4.69) is 49.9 Å². The summed E-state index contributed by atoms with van der Waals surface area (Å²) in [5, 5.41) is 12.2. The predicted octanol–water partition coefficient (Wildman–Crippen LogP) is 5.12. The fourth-order valence-electron chi connectivity index (χ4n) is 3.93. The summed E-state index contributed by atoms with van der Waals surface area (Å²) in [6, 6.07) is 12.9. The van der Waals surface area contributed by atoms with E-state index in [1.165, 1.54) is 0 Å². The summed E-state index contributed by atoms with van der Waals surface area (Å²) in [5.74, 6) is 1.65. The molecule has 4 N–H and O–H groups in total. The lowest BCUT2D eigenvalue weighted by Gasteiger charge is -2.27. The first-order valence-electron chi connectivity index (χ1n) is 10.4. The van der Waals surface area contributed by atoms with Crippen LogP contribution in [0, 0.1) is 0 Å². The van der Waals surface area contributed by atoms with E-state index in [9.17, 15) is 0 Å². The van der Waals surface area contributed by atoms with Crippen LogP contribution in [0.2, 0.25) is 0 Å². The average molecular weight is 498 g/mol. The lowest BCUT2D eigenvalue weighted by molar-refractivity contribution is 0.410. The Bertz CT molecular complexity index is 1170. The topological polar surface area (TPSA) is 93.7 Å². The molecule has 0 amide bonds. The monoisotopic (exact) mass is 497 g/mol. The second kappa shape index (κ2) is 8.94. The summed E-state index contributed by atoms with van der Waals surface area (Å²) in [6.07, 6.45) is 8.01. The van der Waals surface area contributed by atoms with Gasteiger partial charge in [0, 0.05) is 29.0 Å². The summed E-state index contributed by atoms with van der Waals surface area (Å²) in [7, 11) is 0. The maximum atomic E-state index is 6.07. The average Bonchev–Trinajstić information content (AvgIpc) is 3.38. The van der Waals surface area contributed by atoms with E-state index in [-0.39, 0.29) is 0 Å². The molecule has 160 valence electrons. The molecule has 0 radical (unpaired) electrons. The molecule has 0 saturated heterocycles. The molecule has 0 spiro atoms. The zero-order chi connectivity index (χ0) is 21.2. The van der Waals surface area contributed by atoms with Crippen LogP contribution in [0.25, 0.3) is 10.2 Å². The molecule has 0 bridgehead atoms. The van der Waals surface area contributed by atoms with E-state index in [4.69, 9.17) is 15.7 Å². The summed E-state index contributed by atoms with van der Waals surface area (Å²) in [4.78, 5) is 9.54. The van der Waals surface area contributed by atoms with E-state index in [1.54, 1.807) is 17.5 Å². The zero-order valence-electron chi connectivity index (χ0n) is 17.0. The fraction of sp³-hybridized carbons (Fsp3) is 0.318. The molecule has 3 aromatic heterocycles. The van der Waals surface area contributed by atoms with Gasteiger partial charge in [0.25, 0.3) is 0 Å². The number of nitrogens with zero attached hydrogens (tertiary/aromatic N) is 4. The van der Waals surface area contributed by atoms with Crippen LogP contribution in [0.15, 0.2) is 53.3 Å². The van der Waals surface area contributed by atoms with Gasteiger partial charge in [0.15, 0.2) is 5.13 Å². The van der Waals surface area contributed by atoms with E-state index < -0.39 is 0 Å². The quantitative estimate of drug-likeness (QED) is 0.342. The SMILES string of the molecule is NC1CCC(Nc2cc(Cn3cccn3)cc(Nc3nc4ccc(Br)cc4s3)n2)CC1. The molecule has 1 aliphatic carbocycles. The Morgan fingerprint density at radius 2 is 1.94 bits per heavy atom. The molecular formula is C22H24BrN7S. The minimum absolute atomic E-state index is 0.327. The molecule has 1 saturated carbocycles. The zero-order valence-corrected chi connectivity index (χ0v) is 19.4. The van der Waals surface area contributed by atoms with Gasteiger partial charge in [0.1, 0.15) is 11.6 Å². The highest BCUT2D eigenvalue weighted by molar-refractivity contribution is 9.10. The van der Waals surface area contributed by atoms with Crippen LogP contribution < -0.4 is 16.4 Å². The number of hydrogen-bond donors (Lipinski definition) is 3. The third kappa shape index (κ3) is 5.06. The van der Waals surface area contributed by atoms with E-state index >= 15 is 0 Å². The number of halogens is 1. The fourth-order valence-corrected chi connectivity index (χ4v) is 5.36. The van der Waals surface area contributed by atoms with Crippen LogP contribution >= 0.6 is 27.3 Å². The highest BCUT2D eigenvalue weighted by Gasteiger charge is 2.19. The van der Waals surface area contributed by atoms with Crippen molar-refractivity contribution in [1.82, 2.24) is 19.7 Å². The minimum atomic E-state index is 0.327. The van der Waals surface area contributed by atoms with Gasteiger partial charge in [-0.2, -0.15) is 5.10 Å². The largest absolute Gasteiger partial charge is 0.367 e. The highest BCUT2D eigenvalue weighted by atomic mass is 79.9. The number of hydrogen-bond acceptors (Lipinski definition) is 7. The molecule has 0 aliphatic heterocycles. The van der Waals surface area contributed by atoms with Crippen molar-refractivity contribution >= 4 is 54.3 Å². The van der Waals surface area contributed by atoms with Gasteiger partial charge >= 0.3 is 0 Å². The smallest absolute Gasteiger partial charge is 0.189 e. The van der Waals surface area contributed by atoms with Gasteiger partial charge in [-0.05, 0) is 67.6 Å². The predicted molar refractivity (Wildman–Crippen MR) is 130 cm³/mol.